The van der Waals surface area contributed by atoms with Crippen molar-refractivity contribution in [3.63, 3.8) is 0 Å². The maximum atomic E-state index is 12.9. The molecule has 0 bridgehead atoms. The molecule has 96 valence electrons. The highest BCUT2D eigenvalue weighted by Crippen LogP contribution is 2.34. The number of aromatic nitrogens is 1. The van der Waals surface area contributed by atoms with E-state index >= 15 is 0 Å². The van der Waals surface area contributed by atoms with E-state index in [1.165, 1.54) is 6.07 Å². The van der Waals surface area contributed by atoms with Gasteiger partial charge in [0.2, 0.25) is 11.7 Å². The van der Waals surface area contributed by atoms with Gasteiger partial charge in [-0.25, -0.2) is 4.98 Å². The van der Waals surface area contributed by atoms with Crippen LogP contribution >= 0.6 is 0 Å². The molecule has 0 aliphatic carbocycles. The van der Waals surface area contributed by atoms with Gasteiger partial charge in [0.15, 0.2) is 0 Å². The first-order valence-corrected chi connectivity index (χ1v) is 4.21. The minimum Gasteiger partial charge on any atom is -0.398 e. The molecular weight excluding hydrogens is 262 g/mol. The van der Waals surface area contributed by atoms with Gasteiger partial charge in [-0.05, 0) is 0 Å². The predicted octanol–water partition coefficient (Wildman–Crippen LogP) is 2.09. The number of halogens is 4. The maximum Gasteiger partial charge on any atom is 0.573 e. The first-order valence-electron chi connectivity index (χ1n) is 4.21. The van der Waals surface area contributed by atoms with Gasteiger partial charge < -0.3 is 4.74 Å². The smallest absolute Gasteiger partial charge is 0.398 e. The number of nitro groups is 1. The summed E-state index contributed by atoms with van der Waals surface area (Å²) in [7, 11) is 0. The van der Waals surface area contributed by atoms with Gasteiger partial charge in [-0.1, -0.05) is 0 Å². The molecule has 6 nitrogen and oxygen atoms in total. The summed E-state index contributed by atoms with van der Waals surface area (Å²) in [6, 6.07) is 1.56. The van der Waals surface area contributed by atoms with E-state index in [0.29, 0.717) is 0 Å². The highest BCUT2D eigenvalue weighted by Gasteiger charge is 2.36. The van der Waals surface area contributed by atoms with E-state index in [1.54, 1.807) is 0 Å². The number of alkyl halides is 3. The summed E-state index contributed by atoms with van der Waals surface area (Å²) in [5, 5.41) is 18.9. The fourth-order valence-electron chi connectivity index (χ4n) is 1.13. The zero-order valence-corrected chi connectivity index (χ0v) is 8.36. The van der Waals surface area contributed by atoms with Crippen LogP contribution in [0.5, 0.6) is 5.75 Å². The molecule has 0 radical (unpaired) electrons. The van der Waals surface area contributed by atoms with Crippen LogP contribution in [-0.2, 0) is 6.42 Å². The Bertz CT molecular complexity index is 524. The third kappa shape index (κ3) is 3.27. The van der Waals surface area contributed by atoms with Gasteiger partial charge in [0.05, 0.1) is 17.4 Å². The van der Waals surface area contributed by atoms with Crippen LogP contribution in [0.1, 0.15) is 5.69 Å². The lowest BCUT2D eigenvalue weighted by Crippen LogP contribution is -2.19. The predicted molar refractivity (Wildman–Crippen MR) is 46.8 cm³/mol. The van der Waals surface area contributed by atoms with E-state index in [4.69, 9.17) is 5.26 Å². The number of ether oxygens (including phenoxy) is 1. The van der Waals surface area contributed by atoms with Crippen molar-refractivity contribution in [1.82, 2.24) is 4.98 Å². The Kier molecular flexibility index (Phi) is 3.65. The molecule has 0 aliphatic rings. The van der Waals surface area contributed by atoms with Crippen molar-refractivity contribution in [2.45, 2.75) is 12.8 Å². The van der Waals surface area contributed by atoms with Crippen LogP contribution in [0.2, 0.25) is 0 Å². The Hall–Kier alpha value is -2.44. The Morgan fingerprint density at radius 2 is 2.17 bits per heavy atom. The van der Waals surface area contributed by atoms with Crippen molar-refractivity contribution in [3.8, 4) is 11.8 Å². The second-order valence-electron chi connectivity index (χ2n) is 2.88. The van der Waals surface area contributed by atoms with Crippen LogP contribution in [0, 0.1) is 27.4 Å². The van der Waals surface area contributed by atoms with Crippen LogP contribution < -0.4 is 4.74 Å². The molecule has 1 rings (SSSR count). The highest BCUT2D eigenvalue weighted by atomic mass is 19.4. The van der Waals surface area contributed by atoms with Crippen molar-refractivity contribution in [1.29, 1.82) is 5.26 Å². The fraction of sp³-hybridized carbons (Fsp3) is 0.250. The van der Waals surface area contributed by atoms with Gasteiger partial charge in [0.1, 0.15) is 5.69 Å². The molecule has 0 unspecified atom stereocenters. The van der Waals surface area contributed by atoms with E-state index in [9.17, 15) is 27.7 Å². The summed E-state index contributed by atoms with van der Waals surface area (Å²) in [5.74, 6) is -2.75. The highest BCUT2D eigenvalue weighted by molar-refractivity contribution is 5.50. The standard InChI is InChI=1S/C8H3F4N3O3/c9-6-3-5(18-8(10,11)12)7(15(16)17)4(14-6)1-2-13/h3H,1H2. The average molecular weight is 265 g/mol. The van der Waals surface area contributed by atoms with Gasteiger partial charge in [-0.2, -0.15) is 9.65 Å². The van der Waals surface area contributed by atoms with Gasteiger partial charge in [0, 0.05) is 6.07 Å². The summed E-state index contributed by atoms with van der Waals surface area (Å²) in [5.41, 5.74) is -1.92. The van der Waals surface area contributed by atoms with Gasteiger partial charge in [0.25, 0.3) is 0 Å². The normalized spacial score (nSPS) is 10.8. The zero-order chi connectivity index (χ0) is 13.9. The van der Waals surface area contributed by atoms with E-state index in [1.807, 2.05) is 0 Å². The van der Waals surface area contributed by atoms with Crippen LogP contribution in [0.4, 0.5) is 23.2 Å². The molecule has 1 aromatic rings. The maximum absolute atomic E-state index is 12.9. The molecule has 10 heteroatoms. The van der Waals surface area contributed by atoms with Gasteiger partial charge in [-0.3, -0.25) is 10.1 Å². The van der Waals surface area contributed by atoms with Gasteiger partial charge >= 0.3 is 12.0 Å². The molecule has 18 heavy (non-hydrogen) atoms. The molecule has 0 N–H and O–H groups in total. The lowest BCUT2D eigenvalue weighted by atomic mass is 10.2. The van der Waals surface area contributed by atoms with Crippen LogP contribution in [0.25, 0.3) is 0 Å². The largest absolute Gasteiger partial charge is 0.573 e. The second-order valence-corrected chi connectivity index (χ2v) is 2.88. The summed E-state index contributed by atoms with van der Waals surface area (Å²) in [6.45, 7) is 0. The minimum absolute atomic E-state index is 0.131. The quantitative estimate of drug-likeness (QED) is 0.361. The molecule has 0 aliphatic heterocycles. The number of nitrogens with zero attached hydrogens (tertiary/aromatic N) is 3. The van der Waals surface area contributed by atoms with Crippen molar-refractivity contribution in [2.24, 2.45) is 0 Å². The third-order valence-electron chi connectivity index (χ3n) is 1.65. The van der Waals surface area contributed by atoms with E-state index in [0.717, 1.165) is 0 Å². The molecule has 0 amide bonds. The van der Waals surface area contributed by atoms with Crippen LogP contribution in [0.3, 0.4) is 0 Å². The summed E-state index contributed by atoms with van der Waals surface area (Å²) in [4.78, 5) is 12.4. The summed E-state index contributed by atoms with van der Waals surface area (Å²) >= 11 is 0. The minimum atomic E-state index is -5.22. The van der Waals surface area contributed by atoms with Crippen LogP contribution in [0.15, 0.2) is 6.07 Å². The van der Waals surface area contributed by atoms with Crippen molar-refractivity contribution < 1.29 is 27.2 Å². The Morgan fingerprint density at radius 1 is 1.56 bits per heavy atom. The number of rotatable bonds is 3. The fourth-order valence-corrected chi connectivity index (χ4v) is 1.13. The number of nitriles is 1. The molecule has 0 spiro atoms. The SMILES string of the molecule is N#CCc1nc(F)cc(OC(F)(F)F)c1[N+](=O)[O-]. The first-order chi connectivity index (χ1) is 8.24. The van der Waals surface area contributed by atoms with Crippen molar-refractivity contribution in [3.05, 3.63) is 27.8 Å². The zero-order valence-electron chi connectivity index (χ0n) is 8.36. The second kappa shape index (κ2) is 4.82. The van der Waals surface area contributed by atoms with E-state index in [-0.39, 0.29) is 6.07 Å². The number of hydrogen-bond donors (Lipinski definition) is 0. The molecule has 0 saturated carbocycles. The topological polar surface area (TPSA) is 89.0 Å². The molecule has 0 saturated heterocycles. The van der Waals surface area contributed by atoms with Crippen molar-refractivity contribution >= 4 is 5.69 Å². The van der Waals surface area contributed by atoms with E-state index in [2.05, 4.69) is 9.72 Å². The molecule has 0 atom stereocenters. The molecular formula is C8H3F4N3O3. The Balaban J connectivity index is 3.39. The molecule has 0 aromatic carbocycles. The van der Waals surface area contributed by atoms with E-state index < -0.39 is 40.8 Å². The molecule has 0 fully saturated rings. The average Bonchev–Trinajstić information content (AvgIpc) is 2.13. The monoisotopic (exact) mass is 265 g/mol. The Morgan fingerprint density at radius 3 is 2.61 bits per heavy atom. The summed E-state index contributed by atoms with van der Waals surface area (Å²) < 4.78 is 52.2. The molecule has 1 heterocycles. The van der Waals surface area contributed by atoms with Crippen LogP contribution in [-0.4, -0.2) is 16.3 Å². The number of pyridine rings is 1. The lowest BCUT2D eigenvalue weighted by molar-refractivity contribution is -0.389. The Labute approximate surface area is 96.6 Å². The lowest BCUT2D eigenvalue weighted by Gasteiger charge is -2.10. The first kappa shape index (κ1) is 13.6. The van der Waals surface area contributed by atoms with Crippen molar-refractivity contribution in [2.75, 3.05) is 0 Å². The summed E-state index contributed by atoms with van der Waals surface area (Å²) in [6.07, 6.45) is -5.94. The molecule has 1 aromatic heterocycles. The van der Waals surface area contributed by atoms with Gasteiger partial charge in [-0.15, -0.1) is 13.2 Å². The number of hydrogen-bond acceptors (Lipinski definition) is 5. The third-order valence-corrected chi connectivity index (χ3v) is 1.65.